The van der Waals surface area contributed by atoms with E-state index in [9.17, 15) is 18.4 Å². The van der Waals surface area contributed by atoms with Crippen LogP contribution in [0.5, 0.6) is 0 Å². The minimum absolute atomic E-state index is 0.0184. The van der Waals surface area contributed by atoms with Gasteiger partial charge in [0.1, 0.15) is 17.5 Å². The van der Waals surface area contributed by atoms with Gasteiger partial charge in [-0.05, 0) is 37.5 Å². The van der Waals surface area contributed by atoms with Crippen molar-refractivity contribution in [1.82, 2.24) is 20.2 Å². The fourth-order valence-corrected chi connectivity index (χ4v) is 4.60. The summed E-state index contributed by atoms with van der Waals surface area (Å²) in [6.45, 7) is 1.42. The third-order valence-corrected chi connectivity index (χ3v) is 6.89. The highest BCUT2D eigenvalue weighted by Gasteiger charge is 2.26. The predicted molar refractivity (Wildman–Crippen MR) is 132 cm³/mol. The number of rotatable bonds is 8. The van der Waals surface area contributed by atoms with Crippen molar-refractivity contribution in [2.75, 3.05) is 23.7 Å². The summed E-state index contributed by atoms with van der Waals surface area (Å²) in [7, 11) is 0. The van der Waals surface area contributed by atoms with E-state index < -0.39 is 17.5 Å². The monoisotopic (exact) mass is 513 g/mol. The fourth-order valence-electron chi connectivity index (χ4n) is 3.84. The number of thiazole rings is 1. The number of hydrogen-bond acceptors (Lipinski definition) is 8. The molecule has 0 radical (unpaired) electrons. The molecule has 188 valence electrons. The van der Waals surface area contributed by atoms with E-state index in [1.165, 1.54) is 23.6 Å². The van der Waals surface area contributed by atoms with Crippen molar-refractivity contribution < 1.29 is 18.4 Å². The predicted octanol–water partition coefficient (Wildman–Crippen LogP) is 3.24. The molecular formula is C24H25F2N7O2S. The van der Waals surface area contributed by atoms with Gasteiger partial charge in [0.15, 0.2) is 5.13 Å². The Bertz CT molecular complexity index is 1280. The Balaban J connectivity index is 1.18. The number of carbonyl (C=O) groups excluding carboxylic acids is 2. The lowest BCUT2D eigenvalue weighted by Crippen LogP contribution is -2.31. The van der Waals surface area contributed by atoms with E-state index >= 15 is 0 Å². The SMILES string of the molecule is NC1CCN(C(=O)c2ccc(Nc3ncc(CNc4cc(C(=O)NC5CC5)c(F)cc4F)s3)nc2)C1. The molecule has 1 aromatic carbocycles. The summed E-state index contributed by atoms with van der Waals surface area (Å²) < 4.78 is 28.4. The van der Waals surface area contributed by atoms with E-state index in [1.807, 2.05) is 0 Å². The number of nitrogens with two attached hydrogens (primary N) is 1. The minimum Gasteiger partial charge on any atom is -0.378 e. The molecule has 36 heavy (non-hydrogen) atoms. The van der Waals surface area contributed by atoms with Crippen LogP contribution in [-0.2, 0) is 6.54 Å². The summed E-state index contributed by atoms with van der Waals surface area (Å²) in [4.78, 5) is 35.8. The molecule has 2 aromatic heterocycles. The Morgan fingerprint density at radius 2 is 1.94 bits per heavy atom. The molecule has 3 aromatic rings. The lowest BCUT2D eigenvalue weighted by Gasteiger charge is -2.15. The minimum atomic E-state index is -0.898. The molecular weight excluding hydrogens is 488 g/mol. The van der Waals surface area contributed by atoms with Gasteiger partial charge < -0.3 is 26.6 Å². The van der Waals surface area contributed by atoms with Crippen LogP contribution >= 0.6 is 11.3 Å². The van der Waals surface area contributed by atoms with Crippen LogP contribution in [0.4, 0.5) is 25.4 Å². The Labute approximate surface area is 210 Å². The molecule has 2 fully saturated rings. The molecule has 9 nitrogen and oxygen atoms in total. The molecule has 1 unspecified atom stereocenters. The smallest absolute Gasteiger partial charge is 0.255 e. The molecule has 0 bridgehead atoms. The second-order valence-electron chi connectivity index (χ2n) is 8.90. The third kappa shape index (κ3) is 5.60. The molecule has 12 heteroatoms. The van der Waals surface area contributed by atoms with Crippen LogP contribution < -0.4 is 21.7 Å². The van der Waals surface area contributed by atoms with Crippen molar-refractivity contribution in [2.24, 2.45) is 5.73 Å². The number of benzene rings is 1. The first kappa shape index (κ1) is 24.1. The van der Waals surface area contributed by atoms with Crippen LogP contribution in [-0.4, -0.2) is 51.9 Å². The Hall–Kier alpha value is -3.64. The lowest BCUT2D eigenvalue weighted by molar-refractivity contribution is 0.0790. The standard InChI is InChI=1S/C24H25F2N7O2S/c25-18-8-19(26)20(7-17(18)22(34)31-15-2-3-15)28-10-16-11-30-24(36-16)32-21-4-1-13(9-29-21)23(35)33-6-5-14(27)12-33/h1,4,7-9,11,14-15,28H,2-3,5-6,10,12,27H2,(H,31,34)(H,29,30,32). The van der Waals surface area contributed by atoms with Crippen molar-refractivity contribution in [3.8, 4) is 0 Å². The number of anilines is 3. The second-order valence-corrected chi connectivity index (χ2v) is 10.0. The van der Waals surface area contributed by atoms with Gasteiger partial charge >= 0.3 is 0 Å². The van der Waals surface area contributed by atoms with Crippen LogP contribution in [0.15, 0.2) is 36.7 Å². The summed E-state index contributed by atoms with van der Waals surface area (Å²) >= 11 is 1.32. The summed E-state index contributed by atoms with van der Waals surface area (Å²) in [5, 5.41) is 9.25. The number of carbonyl (C=O) groups is 2. The van der Waals surface area contributed by atoms with Crippen LogP contribution in [0.2, 0.25) is 0 Å². The third-order valence-electron chi connectivity index (χ3n) is 5.98. The van der Waals surface area contributed by atoms with Gasteiger partial charge in [0.25, 0.3) is 11.8 Å². The van der Waals surface area contributed by atoms with Gasteiger partial charge in [-0.3, -0.25) is 9.59 Å². The quantitative estimate of drug-likeness (QED) is 0.364. The molecule has 1 aliphatic carbocycles. The summed E-state index contributed by atoms with van der Waals surface area (Å²) in [5.41, 5.74) is 6.20. The van der Waals surface area contributed by atoms with Gasteiger partial charge in [0, 0.05) is 48.5 Å². The number of nitrogens with zero attached hydrogens (tertiary/aromatic N) is 3. The summed E-state index contributed by atoms with van der Waals surface area (Å²) in [6, 6.07) is 5.38. The Morgan fingerprint density at radius 3 is 2.64 bits per heavy atom. The van der Waals surface area contributed by atoms with Gasteiger partial charge in [-0.2, -0.15) is 0 Å². The van der Waals surface area contributed by atoms with Crippen LogP contribution in [0.25, 0.3) is 0 Å². The molecule has 1 saturated heterocycles. The molecule has 5 rings (SSSR count). The Morgan fingerprint density at radius 1 is 1.11 bits per heavy atom. The number of nitrogens with one attached hydrogen (secondary N) is 3. The van der Waals surface area contributed by atoms with E-state index in [2.05, 4.69) is 25.9 Å². The van der Waals surface area contributed by atoms with Crippen LogP contribution in [0.1, 0.15) is 44.9 Å². The van der Waals surface area contributed by atoms with E-state index in [0.717, 1.165) is 24.1 Å². The van der Waals surface area contributed by atoms with Crippen molar-refractivity contribution >= 4 is 39.8 Å². The molecule has 1 saturated carbocycles. The zero-order chi connectivity index (χ0) is 25.2. The number of halogens is 2. The first-order valence-electron chi connectivity index (χ1n) is 11.6. The summed E-state index contributed by atoms with van der Waals surface area (Å²) in [5.74, 6) is -1.80. The fraction of sp³-hybridized carbons (Fsp3) is 0.333. The maximum atomic E-state index is 14.3. The van der Waals surface area contributed by atoms with Crippen LogP contribution in [0, 0.1) is 11.6 Å². The van der Waals surface area contributed by atoms with Crippen LogP contribution in [0.3, 0.4) is 0 Å². The molecule has 1 aliphatic heterocycles. The number of hydrogen-bond donors (Lipinski definition) is 4. The topological polar surface area (TPSA) is 125 Å². The molecule has 1 atom stereocenters. The van der Waals surface area contributed by atoms with Gasteiger partial charge in [-0.25, -0.2) is 18.7 Å². The van der Waals surface area contributed by atoms with Crippen molar-refractivity contribution in [1.29, 1.82) is 0 Å². The molecule has 5 N–H and O–H groups in total. The normalized spacial score (nSPS) is 17.2. The zero-order valence-electron chi connectivity index (χ0n) is 19.3. The number of aromatic nitrogens is 2. The highest BCUT2D eigenvalue weighted by Crippen LogP contribution is 2.26. The van der Waals surface area contributed by atoms with Gasteiger partial charge in [0.05, 0.1) is 23.4 Å². The van der Waals surface area contributed by atoms with Gasteiger partial charge in [-0.15, -0.1) is 0 Å². The van der Waals surface area contributed by atoms with E-state index in [4.69, 9.17) is 5.73 Å². The summed E-state index contributed by atoms with van der Waals surface area (Å²) in [6.07, 6.45) is 5.67. The lowest BCUT2D eigenvalue weighted by atomic mass is 10.1. The van der Waals surface area contributed by atoms with Crippen molar-refractivity contribution in [2.45, 2.75) is 37.9 Å². The maximum Gasteiger partial charge on any atom is 0.255 e. The molecule has 0 spiro atoms. The number of pyridine rings is 1. The zero-order valence-corrected chi connectivity index (χ0v) is 20.1. The van der Waals surface area contributed by atoms with E-state index in [0.29, 0.717) is 35.7 Å². The average Bonchev–Trinajstić information content (AvgIpc) is 3.38. The van der Waals surface area contributed by atoms with E-state index in [1.54, 1.807) is 23.2 Å². The first-order valence-corrected chi connectivity index (χ1v) is 12.4. The number of amides is 2. The molecule has 3 heterocycles. The Kier molecular flexibility index (Phi) is 6.79. The largest absolute Gasteiger partial charge is 0.378 e. The van der Waals surface area contributed by atoms with Crippen molar-refractivity contribution in [3.05, 3.63) is 64.3 Å². The highest BCUT2D eigenvalue weighted by atomic mass is 32.1. The molecule has 2 amide bonds. The molecule has 2 aliphatic rings. The number of likely N-dealkylation sites (tertiary alicyclic amines) is 1. The average molecular weight is 514 g/mol. The first-order chi connectivity index (χ1) is 17.4. The highest BCUT2D eigenvalue weighted by molar-refractivity contribution is 7.15. The van der Waals surface area contributed by atoms with Gasteiger partial charge in [0.2, 0.25) is 0 Å². The maximum absolute atomic E-state index is 14.3. The van der Waals surface area contributed by atoms with E-state index in [-0.39, 0.29) is 35.8 Å². The van der Waals surface area contributed by atoms with Gasteiger partial charge in [-0.1, -0.05) is 11.3 Å². The second kappa shape index (κ2) is 10.2. The van der Waals surface area contributed by atoms with Crippen molar-refractivity contribution in [3.63, 3.8) is 0 Å².